The standard InChI is InChI=1S/C16H17N3O2S3/c20-14(17-6-9-23-11-13-2-1-7-24-13)3-4-15-18-16(19-21-15)12-5-8-22-10-12/h1-2,5,7-8,10H,3-4,6,9,11H2,(H,17,20). The highest BCUT2D eigenvalue weighted by Gasteiger charge is 2.10. The summed E-state index contributed by atoms with van der Waals surface area (Å²) in [6, 6.07) is 6.13. The molecule has 8 heteroatoms. The molecule has 3 heterocycles. The van der Waals surface area contributed by atoms with Crippen molar-refractivity contribution in [3.8, 4) is 11.4 Å². The maximum atomic E-state index is 11.8. The van der Waals surface area contributed by atoms with Gasteiger partial charge in [0.25, 0.3) is 0 Å². The van der Waals surface area contributed by atoms with E-state index in [1.807, 2.05) is 28.6 Å². The van der Waals surface area contributed by atoms with Gasteiger partial charge in [-0.25, -0.2) is 0 Å². The third-order valence-corrected chi connectivity index (χ3v) is 5.96. The molecule has 0 spiro atoms. The number of thiophene rings is 2. The van der Waals surface area contributed by atoms with Crippen LogP contribution in [0.5, 0.6) is 0 Å². The normalized spacial score (nSPS) is 10.8. The van der Waals surface area contributed by atoms with Crippen LogP contribution >= 0.6 is 34.4 Å². The molecule has 0 unspecified atom stereocenters. The highest BCUT2D eigenvalue weighted by atomic mass is 32.2. The number of thioether (sulfide) groups is 1. The fourth-order valence-electron chi connectivity index (χ4n) is 2.00. The molecule has 0 atom stereocenters. The van der Waals surface area contributed by atoms with Crippen molar-refractivity contribution in [3.63, 3.8) is 0 Å². The summed E-state index contributed by atoms with van der Waals surface area (Å²) in [5.41, 5.74) is 0.946. The molecule has 5 nitrogen and oxygen atoms in total. The van der Waals surface area contributed by atoms with Gasteiger partial charge in [-0.3, -0.25) is 4.79 Å². The maximum Gasteiger partial charge on any atom is 0.227 e. The molecule has 0 aliphatic carbocycles. The second kappa shape index (κ2) is 9.00. The first-order chi connectivity index (χ1) is 11.8. The third kappa shape index (κ3) is 5.19. The molecule has 1 N–H and O–H groups in total. The van der Waals surface area contributed by atoms with Crippen LogP contribution in [0.4, 0.5) is 0 Å². The highest BCUT2D eigenvalue weighted by molar-refractivity contribution is 7.98. The van der Waals surface area contributed by atoms with Crippen molar-refractivity contribution in [2.24, 2.45) is 0 Å². The SMILES string of the molecule is O=C(CCc1nc(-c2ccsc2)no1)NCCSCc1cccs1. The van der Waals surface area contributed by atoms with E-state index in [1.54, 1.807) is 22.7 Å². The summed E-state index contributed by atoms with van der Waals surface area (Å²) in [5.74, 6) is 3.00. The molecule has 126 valence electrons. The lowest BCUT2D eigenvalue weighted by Gasteiger charge is -2.03. The van der Waals surface area contributed by atoms with Crippen molar-refractivity contribution < 1.29 is 9.32 Å². The zero-order valence-electron chi connectivity index (χ0n) is 12.9. The van der Waals surface area contributed by atoms with Gasteiger partial charge in [0.2, 0.25) is 17.6 Å². The summed E-state index contributed by atoms with van der Waals surface area (Å²) in [5, 5.41) is 12.9. The first kappa shape index (κ1) is 17.2. The van der Waals surface area contributed by atoms with E-state index in [4.69, 9.17) is 4.52 Å². The Morgan fingerprint density at radius 1 is 1.33 bits per heavy atom. The topological polar surface area (TPSA) is 68.0 Å². The number of hydrogen-bond acceptors (Lipinski definition) is 7. The Bertz CT molecular complexity index is 739. The molecule has 3 rings (SSSR count). The van der Waals surface area contributed by atoms with Crippen LogP contribution < -0.4 is 5.32 Å². The minimum atomic E-state index is 0.0157. The van der Waals surface area contributed by atoms with Crippen LogP contribution in [-0.2, 0) is 17.0 Å². The Morgan fingerprint density at radius 3 is 3.08 bits per heavy atom. The Kier molecular flexibility index (Phi) is 6.45. The summed E-state index contributed by atoms with van der Waals surface area (Å²) < 4.78 is 5.18. The van der Waals surface area contributed by atoms with Gasteiger partial charge in [-0.05, 0) is 22.9 Å². The number of rotatable bonds is 9. The van der Waals surface area contributed by atoms with Crippen LogP contribution in [0, 0.1) is 0 Å². The lowest BCUT2D eigenvalue weighted by Crippen LogP contribution is -2.25. The number of aryl methyl sites for hydroxylation is 1. The van der Waals surface area contributed by atoms with Gasteiger partial charge in [-0.15, -0.1) is 11.3 Å². The minimum absolute atomic E-state index is 0.0157. The first-order valence-electron chi connectivity index (χ1n) is 7.53. The zero-order valence-corrected chi connectivity index (χ0v) is 15.4. The van der Waals surface area contributed by atoms with E-state index >= 15 is 0 Å². The molecular weight excluding hydrogens is 362 g/mol. The maximum absolute atomic E-state index is 11.8. The number of aromatic nitrogens is 2. The van der Waals surface area contributed by atoms with Crippen molar-refractivity contribution in [2.45, 2.75) is 18.6 Å². The molecule has 0 saturated carbocycles. The summed E-state index contributed by atoms with van der Waals surface area (Å²) in [7, 11) is 0. The Labute approximate surface area is 152 Å². The second-order valence-electron chi connectivity index (χ2n) is 5.01. The average molecular weight is 380 g/mol. The van der Waals surface area contributed by atoms with Crippen LogP contribution in [0.2, 0.25) is 0 Å². The van der Waals surface area contributed by atoms with E-state index in [0.29, 0.717) is 31.1 Å². The van der Waals surface area contributed by atoms with Gasteiger partial charge >= 0.3 is 0 Å². The van der Waals surface area contributed by atoms with Crippen molar-refractivity contribution >= 4 is 40.3 Å². The van der Waals surface area contributed by atoms with E-state index in [9.17, 15) is 4.79 Å². The van der Waals surface area contributed by atoms with Gasteiger partial charge in [0.05, 0.1) is 0 Å². The van der Waals surface area contributed by atoms with Crippen LogP contribution in [0.3, 0.4) is 0 Å². The molecule has 1 amide bonds. The van der Waals surface area contributed by atoms with Crippen LogP contribution in [-0.4, -0.2) is 28.3 Å². The van der Waals surface area contributed by atoms with Gasteiger partial charge < -0.3 is 9.84 Å². The average Bonchev–Trinajstić information content (AvgIpc) is 3.33. The molecule has 0 saturated heterocycles. The molecule has 0 aromatic carbocycles. The number of hydrogen-bond donors (Lipinski definition) is 1. The molecule has 3 aromatic heterocycles. The van der Waals surface area contributed by atoms with Gasteiger partial charge in [-0.2, -0.15) is 28.1 Å². The van der Waals surface area contributed by atoms with Crippen molar-refractivity contribution in [1.29, 1.82) is 0 Å². The van der Waals surface area contributed by atoms with Crippen molar-refractivity contribution in [1.82, 2.24) is 15.5 Å². The molecule has 0 aliphatic rings. The fourth-order valence-corrected chi connectivity index (χ4v) is 4.34. The van der Waals surface area contributed by atoms with Crippen LogP contribution in [0.15, 0.2) is 38.9 Å². The number of carbonyl (C=O) groups is 1. The summed E-state index contributed by atoms with van der Waals surface area (Å²) in [6.07, 6.45) is 0.826. The van der Waals surface area contributed by atoms with Gasteiger partial charge in [0.1, 0.15) is 0 Å². The predicted molar refractivity (Wildman–Crippen MR) is 99.4 cm³/mol. The fraction of sp³-hybridized carbons (Fsp3) is 0.312. The number of amides is 1. The number of nitrogens with one attached hydrogen (secondary N) is 1. The third-order valence-electron chi connectivity index (χ3n) is 3.21. The lowest BCUT2D eigenvalue weighted by atomic mass is 10.3. The smallest absolute Gasteiger partial charge is 0.227 e. The summed E-state index contributed by atoms with van der Waals surface area (Å²) >= 11 is 5.17. The van der Waals surface area contributed by atoms with E-state index in [1.165, 1.54) is 4.88 Å². The number of carbonyl (C=O) groups excluding carboxylic acids is 1. The summed E-state index contributed by atoms with van der Waals surface area (Å²) in [6.45, 7) is 0.679. The Morgan fingerprint density at radius 2 is 2.29 bits per heavy atom. The monoisotopic (exact) mass is 379 g/mol. The second-order valence-corrected chi connectivity index (χ2v) is 7.92. The Hall–Kier alpha value is -1.64. The molecule has 24 heavy (non-hydrogen) atoms. The molecule has 0 bridgehead atoms. The van der Waals surface area contributed by atoms with Crippen LogP contribution in [0.25, 0.3) is 11.4 Å². The first-order valence-corrected chi connectivity index (χ1v) is 10.5. The van der Waals surface area contributed by atoms with Gasteiger partial charge in [0, 0.05) is 46.7 Å². The molecule has 0 radical (unpaired) electrons. The van der Waals surface area contributed by atoms with E-state index in [0.717, 1.165) is 17.1 Å². The largest absolute Gasteiger partial charge is 0.355 e. The zero-order chi connectivity index (χ0) is 16.6. The highest BCUT2D eigenvalue weighted by Crippen LogP contribution is 2.19. The van der Waals surface area contributed by atoms with Crippen molar-refractivity contribution in [3.05, 3.63) is 45.1 Å². The van der Waals surface area contributed by atoms with Gasteiger partial charge in [-0.1, -0.05) is 11.2 Å². The quantitative estimate of drug-likeness (QED) is 0.572. The molecule has 0 aliphatic heterocycles. The van der Waals surface area contributed by atoms with Crippen molar-refractivity contribution in [2.75, 3.05) is 12.3 Å². The molecule has 3 aromatic rings. The predicted octanol–water partition coefficient (Wildman–Crippen LogP) is 3.84. The van der Waals surface area contributed by atoms with E-state index in [2.05, 4.69) is 33.0 Å². The Balaban J connectivity index is 1.31. The van der Waals surface area contributed by atoms with Gasteiger partial charge in [0.15, 0.2) is 0 Å². The van der Waals surface area contributed by atoms with E-state index in [-0.39, 0.29) is 5.91 Å². The minimum Gasteiger partial charge on any atom is -0.355 e. The molecular formula is C16H17N3O2S3. The van der Waals surface area contributed by atoms with E-state index < -0.39 is 0 Å². The van der Waals surface area contributed by atoms with Crippen LogP contribution in [0.1, 0.15) is 17.2 Å². The number of nitrogens with zero attached hydrogens (tertiary/aromatic N) is 2. The lowest BCUT2D eigenvalue weighted by molar-refractivity contribution is -0.121. The summed E-state index contributed by atoms with van der Waals surface area (Å²) in [4.78, 5) is 17.5. The molecule has 0 fully saturated rings.